The quantitative estimate of drug-likeness (QED) is 0.869. The van der Waals surface area contributed by atoms with E-state index >= 15 is 0 Å². The summed E-state index contributed by atoms with van der Waals surface area (Å²) in [4.78, 5) is 1.25. The summed E-state index contributed by atoms with van der Waals surface area (Å²) < 4.78 is 6.23. The fourth-order valence-corrected chi connectivity index (χ4v) is 2.88. The number of thiophene rings is 1. The molecule has 2 atom stereocenters. The molecule has 90 valence electrons. The Morgan fingerprint density at radius 3 is 3.06 bits per heavy atom. The number of hydrogen-bond donors (Lipinski definition) is 2. The Hall–Kier alpha value is -0.130. The minimum atomic E-state index is 0.0566. The predicted molar refractivity (Wildman–Crippen MR) is 67.9 cm³/mol. The standard InChI is InChI=1S/C11H17ClN2OS/c1-11(7-15-5-9(11)13)6-14-4-8-2-3-10(12)16-8/h2-3,9,14H,4-7,13H2,1H3. The molecular weight excluding hydrogens is 244 g/mol. The SMILES string of the molecule is CC1(CNCc2ccc(Cl)s2)COCC1N. The number of halogens is 1. The molecule has 16 heavy (non-hydrogen) atoms. The van der Waals surface area contributed by atoms with E-state index < -0.39 is 0 Å². The Morgan fingerprint density at radius 2 is 2.50 bits per heavy atom. The second-order valence-electron chi connectivity index (χ2n) is 4.59. The highest BCUT2D eigenvalue weighted by atomic mass is 35.5. The lowest BCUT2D eigenvalue weighted by Crippen LogP contribution is -2.45. The first-order valence-electron chi connectivity index (χ1n) is 5.38. The third-order valence-electron chi connectivity index (χ3n) is 3.08. The number of rotatable bonds is 4. The lowest BCUT2D eigenvalue weighted by molar-refractivity contribution is 0.158. The zero-order valence-corrected chi connectivity index (χ0v) is 10.9. The van der Waals surface area contributed by atoms with Crippen molar-refractivity contribution in [2.75, 3.05) is 19.8 Å². The van der Waals surface area contributed by atoms with Crippen LogP contribution in [0.3, 0.4) is 0 Å². The first-order valence-corrected chi connectivity index (χ1v) is 6.58. The van der Waals surface area contributed by atoms with Crippen LogP contribution in [0.5, 0.6) is 0 Å². The van der Waals surface area contributed by atoms with Crippen LogP contribution in [0, 0.1) is 5.41 Å². The minimum absolute atomic E-state index is 0.0566. The van der Waals surface area contributed by atoms with Gasteiger partial charge in [0.25, 0.3) is 0 Å². The van der Waals surface area contributed by atoms with Crippen LogP contribution in [-0.2, 0) is 11.3 Å². The van der Waals surface area contributed by atoms with Crippen molar-refractivity contribution in [3.05, 3.63) is 21.3 Å². The first kappa shape index (κ1) is 12.3. The maximum absolute atomic E-state index is 6.01. The van der Waals surface area contributed by atoms with Crippen molar-refractivity contribution in [2.45, 2.75) is 19.5 Å². The summed E-state index contributed by atoms with van der Waals surface area (Å²) in [5.41, 5.74) is 6.07. The molecule has 0 saturated carbocycles. The zero-order chi connectivity index (χ0) is 11.6. The summed E-state index contributed by atoms with van der Waals surface area (Å²) in [5, 5.41) is 3.42. The van der Waals surface area contributed by atoms with Gasteiger partial charge in [0.2, 0.25) is 0 Å². The van der Waals surface area contributed by atoms with Crippen LogP contribution < -0.4 is 11.1 Å². The van der Waals surface area contributed by atoms with Gasteiger partial charge in [0.1, 0.15) is 0 Å². The molecule has 1 aliphatic rings. The van der Waals surface area contributed by atoms with E-state index in [1.807, 2.05) is 12.1 Å². The normalized spacial score (nSPS) is 29.8. The molecular formula is C11H17ClN2OS. The lowest BCUT2D eigenvalue weighted by Gasteiger charge is -2.26. The van der Waals surface area contributed by atoms with Gasteiger partial charge >= 0.3 is 0 Å². The number of hydrogen-bond acceptors (Lipinski definition) is 4. The second kappa shape index (κ2) is 5.02. The zero-order valence-electron chi connectivity index (χ0n) is 9.33. The Balaban J connectivity index is 1.79. The summed E-state index contributed by atoms with van der Waals surface area (Å²) in [6, 6.07) is 4.11. The van der Waals surface area contributed by atoms with E-state index in [0.29, 0.717) is 6.61 Å². The van der Waals surface area contributed by atoms with Gasteiger partial charge in [-0.2, -0.15) is 0 Å². The molecule has 1 aromatic rings. The molecule has 0 aliphatic carbocycles. The van der Waals surface area contributed by atoms with E-state index in [2.05, 4.69) is 12.2 Å². The Labute approximate surface area is 105 Å². The Kier molecular flexibility index (Phi) is 3.87. The maximum atomic E-state index is 6.01. The first-order chi connectivity index (χ1) is 7.60. The second-order valence-corrected chi connectivity index (χ2v) is 6.38. The predicted octanol–water partition coefficient (Wildman–Crippen LogP) is 1.85. The van der Waals surface area contributed by atoms with Gasteiger partial charge in [0.05, 0.1) is 17.6 Å². The van der Waals surface area contributed by atoms with Crippen molar-refractivity contribution in [3.8, 4) is 0 Å². The summed E-state index contributed by atoms with van der Waals surface area (Å²) >= 11 is 7.48. The van der Waals surface area contributed by atoms with Crippen molar-refractivity contribution in [3.63, 3.8) is 0 Å². The van der Waals surface area contributed by atoms with E-state index in [9.17, 15) is 0 Å². The molecule has 0 bridgehead atoms. The van der Waals surface area contributed by atoms with Gasteiger partial charge in [0, 0.05) is 29.4 Å². The lowest BCUT2D eigenvalue weighted by atomic mass is 9.86. The molecule has 0 aromatic carbocycles. The highest BCUT2D eigenvalue weighted by molar-refractivity contribution is 7.16. The molecule has 5 heteroatoms. The molecule has 3 nitrogen and oxygen atoms in total. The molecule has 1 aliphatic heterocycles. The molecule has 1 saturated heterocycles. The molecule has 2 rings (SSSR count). The average Bonchev–Trinajstić information content (AvgIpc) is 2.76. The van der Waals surface area contributed by atoms with Crippen molar-refractivity contribution in [1.82, 2.24) is 5.32 Å². The monoisotopic (exact) mass is 260 g/mol. The van der Waals surface area contributed by atoms with Crippen LogP contribution in [-0.4, -0.2) is 25.8 Å². The molecule has 0 amide bonds. The number of nitrogens with two attached hydrogens (primary N) is 1. The van der Waals surface area contributed by atoms with Gasteiger partial charge in [-0.1, -0.05) is 18.5 Å². The molecule has 2 heterocycles. The highest BCUT2D eigenvalue weighted by Gasteiger charge is 2.37. The summed E-state index contributed by atoms with van der Waals surface area (Å²) in [6.07, 6.45) is 0. The van der Waals surface area contributed by atoms with Crippen LogP contribution in [0.2, 0.25) is 4.34 Å². The van der Waals surface area contributed by atoms with Gasteiger partial charge in [-0.05, 0) is 12.1 Å². The van der Waals surface area contributed by atoms with Crippen LogP contribution >= 0.6 is 22.9 Å². The molecule has 3 N–H and O–H groups in total. The van der Waals surface area contributed by atoms with Gasteiger partial charge < -0.3 is 15.8 Å². The summed E-state index contributed by atoms with van der Waals surface area (Å²) in [6.45, 7) is 5.30. The van der Waals surface area contributed by atoms with Gasteiger partial charge in [-0.25, -0.2) is 0 Å². The highest BCUT2D eigenvalue weighted by Crippen LogP contribution is 2.26. The topological polar surface area (TPSA) is 47.3 Å². The van der Waals surface area contributed by atoms with Crippen LogP contribution in [0.25, 0.3) is 0 Å². The fraction of sp³-hybridized carbons (Fsp3) is 0.636. The van der Waals surface area contributed by atoms with E-state index in [4.69, 9.17) is 22.1 Å². The maximum Gasteiger partial charge on any atom is 0.0931 e. The van der Waals surface area contributed by atoms with Crippen LogP contribution in [0.15, 0.2) is 12.1 Å². The fourth-order valence-electron chi connectivity index (χ4n) is 1.83. The Morgan fingerprint density at radius 1 is 1.69 bits per heavy atom. The average molecular weight is 261 g/mol. The van der Waals surface area contributed by atoms with Gasteiger partial charge in [-0.15, -0.1) is 11.3 Å². The van der Waals surface area contributed by atoms with Crippen molar-refractivity contribution >= 4 is 22.9 Å². The third kappa shape index (κ3) is 2.76. The molecule has 1 aromatic heterocycles. The van der Waals surface area contributed by atoms with Crippen molar-refractivity contribution < 1.29 is 4.74 Å². The molecule has 1 fully saturated rings. The minimum Gasteiger partial charge on any atom is -0.379 e. The van der Waals surface area contributed by atoms with Crippen molar-refractivity contribution in [2.24, 2.45) is 11.1 Å². The van der Waals surface area contributed by atoms with Gasteiger partial charge in [0.15, 0.2) is 0 Å². The van der Waals surface area contributed by atoms with Crippen molar-refractivity contribution in [1.29, 1.82) is 0 Å². The van der Waals surface area contributed by atoms with E-state index in [1.54, 1.807) is 11.3 Å². The number of ether oxygens (including phenoxy) is 1. The van der Waals surface area contributed by atoms with E-state index in [1.165, 1.54) is 4.88 Å². The van der Waals surface area contributed by atoms with E-state index in [-0.39, 0.29) is 11.5 Å². The number of nitrogens with one attached hydrogen (secondary N) is 1. The Bertz CT molecular complexity index is 358. The molecule has 0 radical (unpaired) electrons. The van der Waals surface area contributed by atoms with Crippen LogP contribution in [0.4, 0.5) is 0 Å². The van der Waals surface area contributed by atoms with E-state index in [0.717, 1.165) is 24.0 Å². The molecule has 0 spiro atoms. The third-order valence-corrected chi connectivity index (χ3v) is 4.31. The van der Waals surface area contributed by atoms with Crippen LogP contribution in [0.1, 0.15) is 11.8 Å². The molecule has 2 unspecified atom stereocenters. The summed E-state index contributed by atoms with van der Waals surface area (Å²) in [7, 11) is 0. The summed E-state index contributed by atoms with van der Waals surface area (Å²) in [5.74, 6) is 0. The van der Waals surface area contributed by atoms with Gasteiger partial charge in [-0.3, -0.25) is 0 Å². The largest absolute Gasteiger partial charge is 0.379 e. The smallest absolute Gasteiger partial charge is 0.0931 e.